The van der Waals surface area contributed by atoms with E-state index in [1.807, 2.05) is 26.0 Å². The molecule has 0 atom stereocenters. The summed E-state index contributed by atoms with van der Waals surface area (Å²) < 4.78 is 33.2. The van der Waals surface area contributed by atoms with Crippen LogP contribution in [0.3, 0.4) is 0 Å². The molecular weight excluding hydrogens is 364 g/mol. The Kier molecular flexibility index (Phi) is 7.38. The van der Waals surface area contributed by atoms with Crippen LogP contribution in [0.1, 0.15) is 34.8 Å². The van der Waals surface area contributed by atoms with Crippen molar-refractivity contribution in [2.24, 2.45) is 0 Å². The number of ether oxygens (including phenoxy) is 1. The van der Waals surface area contributed by atoms with Crippen molar-refractivity contribution in [3.05, 3.63) is 59.2 Å². The maximum atomic E-state index is 12.7. The van der Waals surface area contributed by atoms with Crippen LogP contribution in [0.4, 0.5) is 5.69 Å². The number of carbonyl (C=O) groups is 1. The number of hydrogen-bond donors (Lipinski definition) is 2. The molecule has 0 spiro atoms. The largest absolute Gasteiger partial charge is 0.382 e. The van der Waals surface area contributed by atoms with E-state index in [1.165, 1.54) is 12.1 Å². The van der Waals surface area contributed by atoms with Crippen molar-refractivity contribution in [2.45, 2.75) is 32.1 Å². The summed E-state index contributed by atoms with van der Waals surface area (Å²) in [6, 6.07) is 11.7. The molecule has 2 rings (SSSR count). The van der Waals surface area contributed by atoms with Crippen LogP contribution in [-0.2, 0) is 14.8 Å². The van der Waals surface area contributed by atoms with Crippen LogP contribution in [0, 0.1) is 13.8 Å². The first kappa shape index (κ1) is 20.9. The molecule has 0 aliphatic rings. The molecule has 0 bridgehead atoms. The van der Waals surface area contributed by atoms with Gasteiger partial charge in [-0.25, -0.2) is 8.42 Å². The average molecular weight is 391 g/mol. The molecule has 0 saturated carbocycles. The number of nitrogens with one attached hydrogen (secondary N) is 2. The molecule has 7 heteroatoms. The molecule has 0 radical (unpaired) electrons. The zero-order valence-corrected chi connectivity index (χ0v) is 16.7. The quantitative estimate of drug-likeness (QED) is 0.644. The van der Waals surface area contributed by atoms with E-state index >= 15 is 0 Å². The first-order chi connectivity index (χ1) is 12.8. The number of hydrogen-bond acceptors (Lipinski definition) is 4. The van der Waals surface area contributed by atoms with Gasteiger partial charge in [-0.05, 0) is 56.5 Å². The number of carbonyl (C=O) groups excluding carboxylic acids is 1. The van der Waals surface area contributed by atoms with Crippen molar-refractivity contribution < 1.29 is 17.9 Å². The average Bonchev–Trinajstić information content (AvgIpc) is 2.63. The Morgan fingerprint density at radius 2 is 1.81 bits per heavy atom. The molecular formula is C20H26N2O4S. The van der Waals surface area contributed by atoms with Gasteiger partial charge in [0.2, 0.25) is 0 Å². The molecule has 2 aromatic carbocycles. The summed E-state index contributed by atoms with van der Waals surface area (Å²) >= 11 is 0. The molecule has 0 fully saturated rings. The Morgan fingerprint density at radius 1 is 1.07 bits per heavy atom. The van der Waals surface area contributed by atoms with Crippen molar-refractivity contribution in [1.82, 2.24) is 5.32 Å². The molecule has 2 aromatic rings. The summed E-state index contributed by atoms with van der Waals surface area (Å²) in [6.45, 7) is 7.20. The van der Waals surface area contributed by atoms with Gasteiger partial charge in [0, 0.05) is 25.3 Å². The minimum Gasteiger partial charge on any atom is -0.382 e. The lowest BCUT2D eigenvalue weighted by Crippen LogP contribution is -2.26. The second-order valence-corrected chi connectivity index (χ2v) is 7.89. The van der Waals surface area contributed by atoms with Crippen LogP contribution < -0.4 is 10.0 Å². The molecule has 0 heterocycles. The fourth-order valence-corrected chi connectivity index (χ4v) is 3.68. The standard InChI is InChI=1S/C20H26N2O4S/c1-4-26-13-7-12-21-20(23)18-14-17(11-10-15(18)2)27(24,25)22-19-9-6-5-8-16(19)3/h5-6,8-11,14,22H,4,7,12-13H2,1-3H3,(H,21,23). The van der Waals surface area contributed by atoms with E-state index in [-0.39, 0.29) is 10.8 Å². The Bertz CT molecular complexity index is 895. The number of anilines is 1. The summed E-state index contributed by atoms with van der Waals surface area (Å²) in [6.07, 6.45) is 0.700. The maximum Gasteiger partial charge on any atom is 0.261 e. The molecule has 2 N–H and O–H groups in total. The van der Waals surface area contributed by atoms with Crippen molar-refractivity contribution in [1.29, 1.82) is 0 Å². The highest BCUT2D eigenvalue weighted by molar-refractivity contribution is 7.92. The van der Waals surface area contributed by atoms with Crippen LogP contribution in [0.15, 0.2) is 47.4 Å². The van der Waals surface area contributed by atoms with Crippen molar-refractivity contribution >= 4 is 21.6 Å². The highest BCUT2D eigenvalue weighted by atomic mass is 32.2. The topological polar surface area (TPSA) is 84.5 Å². The fraction of sp³-hybridized carbons (Fsp3) is 0.350. The molecule has 0 aromatic heterocycles. The minimum absolute atomic E-state index is 0.0517. The second-order valence-electron chi connectivity index (χ2n) is 6.20. The maximum absolute atomic E-state index is 12.7. The Morgan fingerprint density at radius 3 is 2.52 bits per heavy atom. The van der Waals surface area contributed by atoms with Crippen LogP contribution in [0.5, 0.6) is 0 Å². The number of sulfonamides is 1. The van der Waals surface area contributed by atoms with E-state index in [4.69, 9.17) is 4.74 Å². The van der Waals surface area contributed by atoms with E-state index in [1.54, 1.807) is 25.1 Å². The predicted octanol–water partition coefficient (Wildman–Crippen LogP) is 3.26. The second kappa shape index (κ2) is 9.53. The number of aryl methyl sites for hydroxylation is 2. The van der Waals surface area contributed by atoms with Gasteiger partial charge in [0.15, 0.2) is 0 Å². The zero-order chi connectivity index (χ0) is 19.9. The molecule has 0 aliphatic carbocycles. The van der Waals surface area contributed by atoms with Gasteiger partial charge in [-0.15, -0.1) is 0 Å². The monoisotopic (exact) mass is 390 g/mol. The lowest BCUT2D eigenvalue weighted by atomic mass is 10.1. The molecule has 1 amide bonds. The first-order valence-electron chi connectivity index (χ1n) is 8.90. The molecule has 0 aliphatic heterocycles. The van der Waals surface area contributed by atoms with E-state index in [9.17, 15) is 13.2 Å². The van der Waals surface area contributed by atoms with Crippen LogP contribution in [0.2, 0.25) is 0 Å². The Labute approximate surface area is 161 Å². The van der Waals surface area contributed by atoms with Crippen molar-refractivity contribution in [2.75, 3.05) is 24.5 Å². The normalized spacial score (nSPS) is 11.2. The third-order valence-corrected chi connectivity index (χ3v) is 5.47. The number of rotatable bonds is 9. The van der Waals surface area contributed by atoms with Gasteiger partial charge < -0.3 is 10.1 Å². The van der Waals surface area contributed by atoms with Gasteiger partial charge in [-0.3, -0.25) is 9.52 Å². The van der Waals surface area contributed by atoms with Crippen LogP contribution in [0.25, 0.3) is 0 Å². The SMILES string of the molecule is CCOCCCNC(=O)c1cc(S(=O)(=O)Nc2ccccc2C)ccc1C. The molecule has 6 nitrogen and oxygen atoms in total. The molecule has 146 valence electrons. The summed E-state index contributed by atoms with van der Waals surface area (Å²) in [5, 5.41) is 2.80. The van der Waals surface area contributed by atoms with Gasteiger partial charge in [0.05, 0.1) is 10.6 Å². The fourth-order valence-electron chi connectivity index (χ4n) is 2.52. The highest BCUT2D eigenvalue weighted by Crippen LogP contribution is 2.21. The lowest BCUT2D eigenvalue weighted by molar-refractivity contribution is 0.0943. The Hall–Kier alpha value is -2.38. The number of benzene rings is 2. The summed E-state index contributed by atoms with van der Waals surface area (Å²) in [5.41, 5.74) is 2.40. The van der Waals surface area contributed by atoms with Gasteiger partial charge >= 0.3 is 0 Å². The third kappa shape index (κ3) is 5.80. The highest BCUT2D eigenvalue weighted by Gasteiger charge is 2.18. The van der Waals surface area contributed by atoms with E-state index in [0.29, 0.717) is 43.0 Å². The van der Waals surface area contributed by atoms with E-state index in [0.717, 1.165) is 5.56 Å². The van der Waals surface area contributed by atoms with Crippen molar-refractivity contribution in [3.8, 4) is 0 Å². The molecule has 27 heavy (non-hydrogen) atoms. The lowest BCUT2D eigenvalue weighted by Gasteiger charge is -2.13. The van der Waals surface area contributed by atoms with Gasteiger partial charge in [0.1, 0.15) is 0 Å². The van der Waals surface area contributed by atoms with E-state index < -0.39 is 10.0 Å². The van der Waals surface area contributed by atoms with Gasteiger partial charge in [0.25, 0.3) is 15.9 Å². The van der Waals surface area contributed by atoms with Gasteiger partial charge in [-0.1, -0.05) is 24.3 Å². The number of para-hydroxylation sites is 1. The summed E-state index contributed by atoms with van der Waals surface area (Å²) in [7, 11) is -3.79. The van der Waals surface area contributed by atoms with Gasteiger partial charge in [-0.2, -0.15) is 0 Å². The first-order valence-corrected chi connectivity index (χ1v) is 10.4. The zero-order valence-electron chi connectivity index (χ0n) is 15.9. The van der Waals surface area contributed by atoms with Crippen LogP contribution in [-0.4, -0.2) is 34.1 Å². The minimum atomic E-state index is -3.79. The summed E-state index contributed by atoms with van der Waals surface area (Å²) in [4.78, 5) is 12.5. The molecule has 0 unspecified atom stereocenters. The predicted molar refractivity (Wildman–Crippen MR) is 107 cm³/mol. The van der Waals surface area contributed by atoms with Crippen LogP contribution >= 0.6 is 0 Å². The molecule has 0 saturated heterocycles. The summed E-state index contributed by atoms with van der Waals surface area (Å²) in [5.74, 6) is -0.294. The van der Waals surface area contributed by atoms with E-state index in [2.05, 4.69) is 10.0 Å². The Balaban J connectivity index is 2.15. The smallest absolute Gasteiger partial charge is 0.261 e. The number of amides is 1. The third-order valence-electron chi connectivity index (χ3n) is 4.11. The van der Waals surface area contributed by atoms with Crippen molar-refractivity contribution in [3.63, 3.8) is 0 Å².